The van der Waals surface area contributed by atoms with Crippen LogP contribution in [-0.2, 0) is 4.74 Å². The summed E-state index contributed by atoms with van der Waals surface area (Å²) in [6, 6.07) is 9.58. The van der Waals surface area contributed by atoms with E-state index in [0.717, 1.165) is 11.3 Å². The average Bonchev–Trinajstić information content (AvgIpc) is 3.05. The predicted octanol–water partition coefficient (Wildman–Crippen LogP) is 3.53. The zero-order chi connectivity index (χ0) is 19.1. The molecule has 2 aromatic heterocycles. The van der Waals surface area contributed by atoms with E-state index in [9.17, 15) is 14.7 Å². The van der Waals surface area contributed by atoms with Crippen LogP contribution in [0.15, 0.2) is 45.6 Å². The number of hydrogen-bond acceptors (Lipinski definition) is 8. The molecule has 0 saturated heterocycles. The molecule has 0 spiro atoms. The summed E-state index contributed by atoms with van der Waals surface area (Å²) >= 11 is 1.16. The Balaban J connectivity index is 1.88. The highest BCUT2D eigenvalue weighted by Crippen LogP contribution is 2.35. The number of nitrogens with two attached hydrogens (primary N) is 1. The Hall–Kier alpha value is -3.39. The molecule has 0 aliphatic heterocycles. The minimum atomic E-state index is -0.560. The van der Waals surface area contributed by atoms with Gasteiger partial charge in [-0.25, -0.2) is 9.78 Å². The maximum Gasteiger partial charge on any atom is 0.338 e. The van der Waals surface area contributed by atoms with Gasteiger partial charge < -0.3 is 20.0 Å². The summed E-state index contributed by atoms with van der Waals surface area (Å²) in [6.07, 6.45) is 0. The number of ether oxygens (including phenoxy) is 1. The zero-order valence-corrected chi connectivity index (χ0v) is 15.0. The van der Waals surface area contributed by atoms with E-state index in [-0.39, 0.29) is 17.8 Å². The van der Waals surface area contributed by atoms with Gasteiger partial charge in [-0.1, -0.05) is 23.5 Å². The SMILES string of the molecule is CCOC(=O)c1ccc(-c2oc3ccc4nc(N)sc4c3c(=O)c2O)cc1. The summed E-state index contributed by atoms with van der Waals surface area (Å²) in [6.45, 7) is 2.00. The van der Waals surface area contributed by atoms with Gasteiger partial charge in [0.2, 0.25) is 11.2 Å². The fourth-order valence-electron chi connectivity index (χ4n) is 2.84. The van der Waals surface area contributed by atoms with Crippen molar-refractivity contribution in [2.24, 2.45) is 0 Å². The summed E-state index contributed by atoms with van der Waals surface area (Å²) in [5.41, 5.74) is 6.88. The Morgan fingerprint density at radius 3 is 2.70 bits per heavy atom. The largest absolute Gasteiger partial charge is 0.502 e. The first-order valence-corrected chi connectivity index (χ1v) is 8.93. The number of fused-ring (bicyclic) bond motifs is 3. The van der Waals surface area contributed by atoms with E-state index in [1.54, 1.807) is 43.3 Å². The molecule has 2 heterocycles. The van der Waals surface area contributed by atoms with Crippen LogP contribution in [0.2, 0.25) is 0 Å². The molecule has 7 nitrogen and oxygen atoms in total. The molecule has 3 N–H and O–H groups in total. The smallest absolute Gasteiger partial charge is 0.338 e. The number of benzene rings is 2. The van der Waals surface area contributed by atoms with E-state index in [0.29, 0.717) is 32.1 Å². The molecule has 4 rings (SSSR count). The highest BCUT2D eigenvalue weighted by molar-refractivity contribution is 7.23. The van der Waals surface area contributed by atoms with Crippen molar-refractivity contribution >= 4 is 43.6 Å². The predicted molar refractivity (Wildman–Crippen MR) is 103 cm³/mol. The molecule has 136 valence electrons. The quantitative estimate of drug-likeness (QED) is 0.521. The molecule has 2 aromatic carbocycles. The zero-order valence-electron chi connectivity index (χ0n) is 14.2. The van der Waals surface area contributed by atoms with Gasteiger partial charge in [0.05, 0.1) is 27.8 Å². The van der Waals surface area contributed by atoms with Crippen molar-refractivity contribution in [3.8, 4) is 17.1 Å². The second kappa shape index (κ2) is 6.40. The van der Waals surface area contributed by atoms with Crippen LogP contribution in [-0.4, -0.2) is 22.7 Å². The molecule has 0 aliphatic rings. The lowest BCUT2D eigenvalue weighted by Crippen LogP contribution is -2.05. The Kier molecular flexibility index (Phi) is 4.04. The van der Waals surface area contributed by atoms with E-state index in [4.69, 9.17) is 14.9 Å². The van der Waals surface area contributed by atoms with E-state index in [1.165, 1.54) is 0 Å². The van der Waals surface area contributed by atoms with Gasteiger partial charge in [0.15, 0.2) is 10.9 Å². The van der Waals surface area contributed by atoms with Crippen LogP contribution in [0.4, 0.5) is 5.13 Å². The highest BCUT2D eigenvalue weighted by Gasteiger charge is 2.19. The number of carbonyl (C=O) groups is 1. The molecule has 4 aromatic rings. The van der Waals surface area contributed by atoms with Crippen LogP contribution in [0, 0.1) is 0 Å². The lowest BCUT2D eigenvalue weighted by molar-refractivity contribution is 0.0526. The second-order valence-corrected chi connectivity index (χ2v) is 6.78. The molecule has 8 heteroatoms. The van der Waals surface area contributed by atoms with Gasteiger partial charge >= 0.3 is 5.97 Å². The number of nitrogens with zero attached hydrogens (tertiary/aromatic N) is 1. The minimum Gasteiger partial charge on any atom is -0.502 e. The molecule has 0 saturated carbocycles. The lowest BCUT2D eigenvalue weighted by Gasteiger charge is -2.07. The summed E-state index contributed by atoms with van der Waals surface area (Å²) in [5, 5.41) is 11.0. The number of rotatable bonds is 3. The molecule has 0 fully saturated rings. The Labute approximate surface area is 156 Å². The number of thiazole rings is 1. The minimum absolute atomic E-state index is 0.0275. The summed E-state index contributed by atoms with van der Waals surface area (Å²) < 4.78 is 11.3. The maximum atomic E-state index is 12.8. The first kappa shape index (κ1) is 17.0. The number of nitrogen functional groups attached to an aromatic ring is 1. The van der Waals surface area contributed by atoms with E-state index in [1.807, 2.05) is 0 Å². The number of esters is 1. The van der Waals surface area contributed by atoms with Gasteiger partial charge in [0, 0.05) is 5.56 Å². The number of anilines is 1. The van der Waals surface area contributed by atoms with Crippen molar-refractivity contribution in [1.29, 1.82) is 0 Å². The van der Waals surface area contributed by atoms with Crippen LogP contribution in [0.25, 0.3) is 32.5 Å². The lowest BCUT2D eigenvalue weighted by atomic mass is 10.1. The van der Waals surface area contributed by atoms with E-state index < -0.39 is 17.1 Å². The average molecular weight is 382 g/mol. The molecule has 0 amide bonds. The van der Waals surface area contributed by atoms with Crippen molar-refractivity contribution in [3.05, 3.63) is 52.2 Å². The molecule has 0 bridgehead atoms. The van der Waals surface area contributed by atoms with Crippen molar-refractivity contribution in [3.63, 3.8) is 0 Å². The second-order valence-electron chi connectivity index (χ2n) is 5.75. The van der Waals surface area contributed by atoms with Gasteiger partial charge in [-0.2, -0.15) is 0 Å². The molecule has 0 unspecified atom stereocenters. The number of hydrogen-bond donors (Lipinski definition) is 2. The van der Waals surface area contributed by atoms with Crippen LogP contribution in [0.3, 0.4) is 0 Å². The van der Waals surface area contributed by atoms with Crippen LogP contribution >= 0.6 is 11.3 Å². The first-order valence-electron chi connectivity index (χ1n) is 8.12. The summed E-state index contributed by atoms with van der Waals surface area (Å²) in [5.74, 6) is -0.927. The summed E-state index contributed by atoms with van der Waals surface area (Å²) in [4.78, 5) is 28.7. The molecule has 27 heavy (non-hydrogen) atoms. The van der Waals surface area contributed by atoms with Gasteiger partial charge in [-0.05, 0) is 31.2 Å². The topological polar surface area (TPSA) is 116 Å². The first-order chi connectivity index (χ1) is 13.0. The third kappa shape index (κ3) is 2.80. The Morgan fingerprint density at radius 1 is 1.26 bits per heavy atom. The van der Waals surface area contributed by atoms with Crippen LogP contribution < -0.4 is 11.2 Å². The van der Waals surface area contributed by atoms with Gasteiger partial charge in [-0.15, -0.1) is 0 Å². The van der Waals surface area contributed by atoms with Crippen LogP contribution in [0.5, 0.6) is 5.75 Å². The standard InChI is InChI=1S/C19H14N2O5S/c1-2-25-18(24)10-5-3-9(4-6-10)16-15(23)14(22)13-12(26-16)8-7-11-17(13)27-19(20)21-11/h3-8,23H,2H2,1H3,(H2,20,21). The summed E-state index contributed by atoms with van der Waals surface area (Å²) in [7, 11) is 0. The molecular weight excluding hydrogens is 368 g/mol. The van der Waals surface area contributed by atoms with E-state index >= 15 is 0 Å². The molecule has 0 radical (unpaired) electrons. The van der Waals surface area contributed by atoms with Crippen molar-refractivity contribution < 1.29 is 19.1 Å². The Bertz CT molecular complexity index is 1240. The maximum absolute atomic E-state index is 12.8. The monoisotopic (exact) mass is 382 g/mol. The van der Waals surface area contributed by atoms with Crippen molar-refractivity contribution in [2.75, 3.05) is 12.3 Å². The van der Waals surface area contributed by atoms with E-state index in [2.05, 4.69) is 4.98 Å². The van der Waals surface area contributed by atoms with Crippen molar-refractivity contribution in [1.82, 2.24) is 4.98 Å². The van der Waals surface area contributed by atoms with Crippen LogP contribution in [0.1, 0.15) is 17.3 Å². The third-order valence-electron chi connectivity index (χ3n) is 4.06. The number of carbonyl (C=O) groups excluding carboxylic acids is 1. The third-order valence-corrected chi connectivity index (χ3v) is 4.98. The number of aromatic hydroxyl groups is 1. The normalized spacial score (nSPS) is 11.1. The Morgan fingerprint density at radius 2 is 2.00 bits per heavy atom. The molecule has 0 aliphatic carbocycles. The van der Waals surface area contributed by atoms with Gasteiger partial charge in [-0.3, -0.25) is 4.79 Å². The fourth-order valence-corrected chi connectivity index (χ4v) is 3.71. The fraction of sp³-hybridized carbons (Fsp3) is 0.105. The van der Waals surface area contributed by atoms with Crippen molar-refractivity contribution in [2.45, 2.75) is 6.92 Å². The molecular formula is C19H14N2O5S. The number of aromatic nitrogens is 1. The molecule has 0 atom stereocenters. The van der Waals surface area contributed by atoms with Gasteiger partial charge in [0.1, 0.15) is 5.58 Å². The van der Waals surface area contributed by atoms with Gasteiger partial charge in [0.25, 0.3) is 0 Å². The highest BCUT2D eigenvalue weighted by atomic mass is 32.1.